The van der Waals surface area contributed by atoms with E-state index >= 15 is 0 Å². The Morgan fingerprint density at radius 2 is 2.10 bits per heavy atom. The van der Waals surface area contributed by atoms with E-state index in [-0.39, 0.29) is 11.6 Å². The molecule has 0 saturated carbocycles. The summed E-state index contributed by atoms with van der Waals surface area (Å²) in [5.41, 5.74) is 5.00. The number of hydrazine groups is 1. The minimum atomic E-state index is -0.200. The van der Waals surface area contributed by atoms with Gasteiger partial charge in [-0.15, -0.1) is 0 Å². The average molecular weight is 347 g/mol. The molecular formula is C14H27BrN4O. The number of methoxy groups -OCH3 is 1. The molecule has 0 aliphatic rings. The Kier molecular flexibility index (Phi) is 6.64. The Bertz CT molecular complexity index is 431. The molecule has 0 radical (unpaired) electrons. The highest BCUT2D eigenvalue weighted by Gasteiger charge is 2.25. The quantitative estimate of drug-likeness (QED) is 0.560. The Hall–Kier alpha value is -0.430. The number of aromatic nitrogens is 2. The third kappa shape index (κ3) is 4.28. The summed E-state index contributed by atoms with van der Waals surface area (Å²) in [5, 5.41) is 4.62. The molecule has 1 atom stereocenters. The van der Waals surface area contributed by atoms with Gasteiger partial charge in [0.1, 0.15) is 0 Å². The molecule has 1 aromatic heterocycles. The molecule has 0 aliphatic carbocycles. The van der Waals surface area contributed by atoms with Crippen LogP contribution in [-0.2, 0) is 24.1 Å². The molecule has 0 spiro atoms. The van der Waals surface area contributed by atoms with E-state index in [1.807, 2.05) is 4.68 Å². The molecule has 116 valence electrons. The average Bonchev–Trinajstić information content (AvgIpc) is 2.74. The van der Waals surface area contributed by atoms with Gasteiger partial charge in [-0.3, -0.25) is 16.0 Å². The van der Waals surface area contributed by atoms with E-state index in [0.29, 0.717) is 0 Å². The van der Waals surface area contributed by atoms with Crippen LogP contribution in [0.3, 0.4) is 0 Å². The topological polar surface area (TPSA) is 65.1 Å². The zero-order valence-electron chi connectivity index (χ0n) is 13.2. The van der Waals surface area contributed by atoms with E-state index in [1.54, 1.807) is 7.11 Å². The van der Waals surface area contributed by atoms with E-state index in [4.69, 9.17) is 10.6 Å². The second-order valence-electron chi connectivity index (χ2n) is 5.61. The van der Waals surface area contributed by atoms with Crippen molar-refractivity contribution in [3.05, 3.63) is 15.9 Å². The molecule has 0 aromatic carbocycles. The van der Waals surface area contributed by atoms with Gasteiger partial charge in [-0.05, 0) is 49.5 Å². The zero-order valence-corrected chi connectivity index (χ0v) is 14.7. The summed E-state index contributed by atoms with van der Waals surface area (Å²) >= 11 is 3.67. The summed E-state index contributed by atoms with van der Waals surface area (Å²) in [5.74, 6) is 5.71. The molecule has 0 fully saturated rings. The van der Waals surface area contributed by atoms with Gasteiger partial charge in [0.15, 0.2) is 0 Å². The van der Waals surface area contributed by atoms with Gasteiger partial charge in [0.2, 0.25) is 0 Å². The Morgan fingerprint density at radius 3 is 2.55 bits per heavy atom. The van der Waals surface area contributed by atoms with Crippen LogP contribution < -0.4 is 11.3 Å². The molecule has 0 bridgehead atoms. The van der Waals surface area contributed by atoms with Crippen LogP contribution in [0, 0.1) is 0 Å². The summed E-state index contributed by atoms with van der Waals surface area (Å²) in [6, 6.07) is 0.146. The SMILES string of the molecule is CCc1nn(CC)c(CC(CC(C)(C)OC)NN)c1Br. The fraction of sp³-hybridized carbons (Fsp3) is 0.786. The first-order chi connectivity index (χ1) is 9.38. The lowest BCUT2D eigenvalue weighted by atomic mass is 9.96. The normalized spacial score (nSPS) is 13.8. The van der Waals surface area contributed by atoms with Gasteiger partial charge >= 0.3 is 0 Å². The van der Waals surface area contributed by atoms with E-state index in [2.05, 4.69) is 54.1 Å². The number of rotatable bonds is 8. The molecule has 0 amide bonds. The maximum absolute atomic E-state index is 5.71. The number of nitrogens with one attached hydrogen (secondary N) is 1. The van der Waals surface area contributed by atoms with Gasteiger partial charge in [-0.25, -0.2) is 0 Å². The highest BCUT2D eigenvalue weighted by atomic mass is 79.9. The second kappa shape index (κ2) is 7.54. The van der Waals surface area contributed by atoms with Crippen molar-refractivity contribution in [1.29, 1.82) is 0 Å². The van der Waals surface area contributed by atoms with Crippen LogP contribution in [0.2, 0.25) is 0 Å². The molecule has 5 nitrogen and oxygen atoms in total. The summed E-state index contributed by atoms with van der Waals surface area (Å²) in [4.78, 5) is 0. The van der Waals surface area contributed by atoms with Crippen molar-refractivity contribution in [2.75, 3.05) is 7.11 Å². The lowest BCUT2D eigenvalue weighted by Gasteiger charge is -2.28. The Morgan fingerprint density at radius 1 is 1.45 bits per heavy atom. The number of nitrogens with two attached hydrogens (primary N) is 1. The predicted molar refractivity (Wildman–Crippen MR) is 85.5 cm³/mol. The molecule has 1 rings (SSSR count). The van der Waals surface area contributed by atoms with Crippen molar-refractivity contribution in [3.8, 4) is 0 Å². The smallest absolute Gasteiger partial charge is 0.0766 e. The predicted octanol–water partition coefficient (Wildman–Crippen LogP) is 2.42. The maximum atomic E-state index is 5.71. The Labute approximate surface area is 130 Å². The molecule has 0 saturated heterocycles. The highest BCUT2D eigenvalue weighted by Crippen LogP contribution is 2.25. The van der Waals surface area contributed by atoms with Crippen molar-refractivity contribution in [2.45, 2.75) is 65.1 Å². The van der Waals surface area contributed by atoms with E-state index in [0.717, 1.165) is 36.0 Å². The van der Waals surface area contributed by atoms with Crippen molar-refractivity contribution in [2.24, 2.45) is 5.84 Å². The van der Waals surface area contributed by atoms with Crippen LogP contribution in [0.25, 0.3) is 0 Å². The summed E-state index contributed by atoms with van der Waals surface area (Å²) in [6.07, 6.45) is 2.58. The van der Waals surface area contributed by atoms with E-state index in [9.17, 15) is 0 Å². The van der Waals surface area contributed by atoms with Gasteiger partial charge in [0.05, 0.1) is 21.5 Å². The minimum Gasteiger partial charge on any atom is -0.379 e. The summed E-state index contributed by atoms with van der Waals surface area (Å²) in [6.45, 7) is 9.22. The molecule has 20 heavy (non-hydrogen) atoms. The molecular weight excluding hydrogens is 320 g/mol. The number of nitrogens with zero attached hydrogens (tertiary/aromatic N) is 2. The van der Waals surface area contributed by atoms with Crippen LogP contribution in [0.4, 0.5) is 0 Å². The molecule has 1 unspecified atom stereocenters. The minimum absolute atomic E-state index is 0.146. The van der Waals surface area contributed by atoms with Crippen LogP contribution in [0.15, 0.2) is 4.47 Å². The summed E-state index contributed by atoms with van der Waals surface area (Å²) in [7, 11) is 1.73. The Balaban J connectivity index is 2.92. The van der Waals surface area contributed by atoms with Gasteiger partial charge in [-0.2, -0.15) is 5.10 Å². The van der Waals surface area contributed by atoms with Gasteiger partial charge in [0, 0.05) is 26.1 Å². The maximum Gasteiger partial charge on any atom is 0.0766 e. The monoisotopic (exact) mass is 346 g/mol. The fourth-order valence-corrected chi connectivity index (χ4v) is 3.04. The largest absolute Gasteiger partial charge is 0.379 e. The highest BCUT2D eigenvalue weighted by molar-refractivity contribution is 9.10. The van der Waals surface area contributed by atoms with Crippen LogP contribution >= 0.6 is 15.9 Å². The van der Waals surface area contributed by atoms with E-state index in [1.165, 1.54) is 5.69 Å². The van der Waals surface area contributed by atoms with Gasteiger partial charge in [0.25, 0.3) is 0 Å². The lowest BCUT2D eigenvalue weighted by molar-refractivity contribution is 0.00694. The standard InChI is InChI=1S/C14H27BrN4O/c1-6-11-13(15)12(19(7-2)18-11)8-10(17-16)9-14(3,4)20-5/h10,17H,6-9,16H2,1-5H3. The molecule has 6 heteroatoms. The van der Waals surface area contributed by atoms with E-state index < -0.39 is 0 Å². The third-order valence-electron chi connectivity index (χ3n) is 3.66. The van der Waals surface area contributed by atoms with Crippen LogP contribution in [-0.4, -0.2) is 28.5 Å². The van der Waals surface area contributed by atoms with Gasteiger partial charge < -0.3 is 4.74 Å². The number of hydrogen-bond acceptors (Lipinski definition) is 4. The van der Waals surface area contributed by atoms with Crippen LogP contribution in [0.1, 0.15) is 45.5 Å². The first kappa shape index (κ1) is 17.6. The van der Waals surface area contributed by atoms with Crippen molar-refractivity contribution >= 4 is 15.9 Å². The van der Waals surface area contributed by atoms with Crippen molar-refractivity contribution < 1.29 is 4.74 Å². The fourth-order valence-electron chi connectivity index (χ4n) is 2.31. The third-order valence-corrected chi connectivity index (χ3v) is 4.58. The molecule has 3 N–H and O–H groups in total. The number of aryl methyl sites for hydroxylation is 2. The first-order valence-corrected chi connectivity index (χ1v) is 7.93. The van der Waals surface area contributed by atoms with Gasteiger partial charge in [-0.1, -0.05) is 6.92 Å². The molecule has 0 aliphatic heterocycles. The molecule has 1 aromatic rings. The first-order valence-electron chi connectivity index (χ1n) is 7.13. The zero-order chi connectivity index (χ0) is 15.3. The van der Waals surface area contributed by atoms with Crippen molar-refractivity contribution in [1.82, 2.24) is 15.2 Å². The van der Waals surface area contributed by atoms with Crippen LogP contribution in [0.5, 0.6) is 0 Å². The molecule has 1 heterocycles. The number of halogens is 1. The van der Waals surface area contributed by atoms with Crippen molar-refractivity contribution in [3.63, 3.8) is 0 Å². The lowest BCUT2D eigenvalue weighted by Crippen LogP contribution is -2.43. The summed E-state index contributed by atoms with van der Waals surface area (Å²) < 4.78 is 8.65. The second-order valence-corrected chi connectivity index (χ2v) is 6.41. The number of hydrogen-bond donors (Lipinski definition) is 2. The number of ether oxygens (including phenoxy) is 1.